The van der Waals surface area contributed by atoms with Crippen LogP contribution in [0.2, 0.25) is 0 Å². The molecule has 2 saturated heterocycles. The van der Waals surface area contributed by atoms with Gasteiger partial charge in [0.05, 0.1) is 31.5 Å². The molecule has 42 heavy (non-hydrogen) atoms. The first-order valence-electron chi connectivity index (χ1n) is 16.5. The van der Waals surface area contributed by atoms with Gasteiger partial charge in [0.1, 0.15) is 5.75 Å². The zero-order chi connectivity index (χ0) is 28.7. The third kappa shape index (κ3) is 7.01. The lowest BCUT2D eigenvalue weighted by molar-refractivity contribution is 0.0313. The molecule has 2 aliphatic rings. The van der Waals surface area contributed by atoms with Crippen LogP contribution in [-0.4, -0.2) is 31.5 Å². The Morgan fingerprint density at radius 3 is 1.60 bits per heavy atom. The second-order valence-corrected chi connectivity index (χ2v) is 12.7. The number of benzene rings is 4. The molecule has 4 unspecified atom stereocenters. The van der Waals surface area contributed by atoms with Crippen molar-refractivity contribution in [1.82, 2.24) is 0 Å². The van der Waals surface area contributed by atoms with Gasteiger partial charge in [0.2, 0.25) is 0 Å². The third-order valence-corrected chi connectivity index (χ3v) is 9.84. The Morgan fingerprint density at radius 1 is 0.548 bits per heavy atom. The standard InChI is InChI=1S/C39H48O3/c1-28-16-17-29(36-13-7-6-12-35(28)36)18-21-33-25-23-31(41-33)10-4-3-5-11-32-24-26-34(42-32)22-19-30-20-27-39(40-2)38-15-9-8-14-37(30)38/h6-9,12-17,20,27,31-34H,3-5,10-11,18-19,21-26H2,1-2H3. The van der Waals surface area contributed by atoms with Gasteiger partial charge in [-0.15, -0.1) is 0 Å². The maximum Gasteiger partial charge on any atom is 0.126 e. The summed E-state index contributed by atoms with van der Waals surface area (Å²) in [5.41, 5.74) is 4.23. The van der Waals surface area contributed by atoms with Crippen LogP contribution < -0.4 is 4.74 Å². The van der Waals surface area contributed by atoms with E-state index in [-0.39, 0.29) is 0 Å². The maximum absolute atomic E-state index is 6.48. The maximum atomic E-state index is 6.48. The Labute approximate surface area is 252 Å². The molecule has 6 rings (SSSR count). The highest BCUT2D eigenvalue weighted by molar-refractivity contribution is 5.91. The summed E-state index contributed by atoms with van der Waals surface area (Å²) in [4.78, 5) is 0. The average molecular weight is 565 g/mol. The first-order valence-corrected chi connectivity index (χ1v) is 16.5. The lowest BCUT2D eigenvalue weighted by atomic mass is 9.96. The molecule has 2 aliphatic heterocycles. The van der Waals surface area contributed by atoms with Crippen LogP contribution in [-0.2, 0) is 22.3 Å². The molecule has 3 nitrogen and oxygen atoms in total. The molecule has 3 heteroatoms. The molecule has 0 amide bonds. The average Bonchev–Trinajstić information content (AvgIpc) is 3.69. The lowest BCUT2D eigenvalue weighted by Crippen LogP contribution is -2.13. The van der Waals surface area contributed by atoms with Crippen molar-refractivity contribution in [1.29, 1.82) is 0 Å². The van der Waals surface area contributed by atoms with Crippen LogP contribution in [0.25, 0.3) is 21.5 Å². The Balaban J connectivity index is 0.858. The monoisotopic (exact) mass is 564 g/mol. The minimum atomic E-state index is 0.401. The zero-order valence-electron chi connectivity index (χ0n) is 25.7. The van der Waals surface area contributed by atoms with Crippen molar-refractivity contribution in [2.45, 2.75) is 115 Å². The zero-order valence-corrected chi connectivity index (χ0v) is 25.7. The molecule has 2 heterocycles. The van der Waals surface area contributed by atoms with Crippen molar-refractivity contribution in [2.75, 3.05) is 7.11 Å². The van der Waals surface area contributed by atoms with E-state index in [2.05, 4.69) is 79.7 Å². The second kappa shape index (κ2) is 14.1. The molecule has 0 bridgehead atoms. The van der Waals surface area contributed by atoms with Gasteiger partial charge in [-0.2, -0.15) is 0 Å². The predicted molar refractivity (Wildman–Crippen MR) is 175 cm³/mol. The van der Waals surface area contributed by atoms with Gasteiger partial charge in [-0.05, 0) is 110 Å². The van der Waals surface area contributed by atoms with Crippen LogP contribution in [0.1, 0.15) is 87.3 Å². The fourth-order valence-corrected chi connectivity index (χ4v) is 7.42. The minimum absolute atomic E-state index is 0.401. The van der Waals surface area contributed by atoms with Crippen LogP contribution in [0.3, 0.4) is 0 Å². The molecule has 4 atom stereocenters. The number of hydrogen-bond donors (Lipinski definition) is 0. The van der Waals surface area contributed by atoms with Crippen molar-refractivity contribution < 1.29 is 14.2 Å². The Kier molecular flexibility index (Phi) is 9.78. The van der Waals surface area contributed by atoms with E-state index in [4.69, 9.17) is 14.2 Å². The highest BCUT2D eigenvalue weighted by Gasteiger charge is 2.26. The molecular weight excluding hydrogens is 516 g/mol. The number of hydrogen-bond acceptors (Lipinski definition) is 3. The number of unbranched alkanes of at least 4 members (excludes halogenated alkanes) is 2. The highest BCUT2D eigenvalue weighted by atomic mass is 16.5. The van der Waals surface area contributed by atoms with E-state index in [1.165, 1.54) is 96.0 Å². The van der Waals surface area contributed by atoms with Crippen LogP contribution in [0, 0.1) is 6.92 Å². The van der Waals surface area contributed by atoms with Crippen molar-refractivity contribution in [3.05, 3.63) is 89.5 Å². The van der Waals surface area contributed by atoms with Gasteiger partial charge in [-0.25, -0.2) is 0 Å². The van der Waals surface area contributed by atoms with Crippen molar-refractivity contribution in [3.8, 4) is 5.75 Å². The number of rotatable bonds is 13. The molecule has 0 radical (unpaired) electrons. The predicted octanol–water partition coefficient (Wildman–Crippen LogP) is 9.92. The van der Waals surface area contributed by atoms with E-state index in [1.54, 1.807) is 7.11 Å². The van der Waals surface area contributed by atoms with Crippen LogP contribution in [0.15, 0.2) is 72.8 Å². The first-order chi connectivity index (χ1) is 20.7. The van der Waals surface area contributed by atoms with Gasteiger partial charge in [-0.1, -0.05) is 86.0 Å². The van der Waals surface area contributed by atoms with Gasteiger partial charge < -0.3 is 14.2 Å². The van der Waals surface area contributed by atoms with E-state index in [9.17, 15) is 0 Å². The van der Waals surface area contributed by atoms with Gasteiger partial charge in [0, 0.05) is 5.39 Å². The summed E-state index contributed by atoms with van der Waals surface area (Å²) in [5, 5.41) is 5.32. The summed E-state index contributed by atoms with van der Waals surface area (Å²) in [6.07, 6.45) is 17.3. The molecule has 0 spiro atoms. The second-order valence-electron chi connectivity index (χ2n) is 12.7. The largest absolute Gasteiger partial charge is 0.496 e. The van der Waals surface area contributed by atoms with E-state index < -0.39 is 0 Å². The molecule has 0 aliphatic carbocycles. The quantitative estimate of drug-likeness (QED) is 0.151. The third-order valence-electron chi connectivity index (χ3n) is 9.84. The number of fused-ring (bicyclic) bond motifs is 2. The molecule has 0 saturated carbocycles. The summed E-state index contributed by atoms with van der Waals surface area (Å²) in [6.45, 7) is 2.21. The van der Waals surface area contributed by atoms with Crippen molar-refractivity contribution in [2.24, 2.45) is 0 Å². The SMILES string of the molecule is COc1ccc(CCC2CCC(CCCCCC3CCC(CCc4ccc(C)c5ccccc45)O3)O2)c2ccccc12. The summed E-state index contributed by atoms with van der Waals surface area (Å²) >= 11 is 0. The molecule has 222 valence electrons. The van der Waals surface area contributed by atoms with E-state index in [1.807, 2.05) is 0 Å². The summed E-state index contributed by atoms with van der Waals surface area (Å²) in [5.74, 6) is 0.956. The molecular formula is C39H48O3. The molecule has 0 N–H and O–H groups in total. The molecule has 0 aromatic heterocycles. The van der Waals surface area contributed by atoms with E-state index in [0.29, 0.717) is 24.4 Å². The summed E-state index contributed by atoms with van der Waals surface area (Å²) in [7, 11) is 1.75. The van der Waals surface area contributed by atoms with Gasteiger partial charge >= 0.3 is 0 Å². The van der Waals surface area contributed by atoms with Crippen LogP contribution >= 0.6 is 0 Å². The summed E-state index contributed by atoms with van der Waals surface area (Å²) < 4.78 is 18.5. The van der Waals surface area contributed by atoms with Crippen molar-refractivity contribution >= 4 is 21.5 Å². The Morgan fingerprint density at radius 2 is 1.02 bits per heavy atom. The topological polar surface area (TPSA) is 27.7 Å². The molecule has 2 fully saturated rings. The molecule has 4 aromatic carbocycles. The number of methoxy groups -OCH3 is 1. The fourth-order valence-electron chi connectivity index (χ4n) is 7.42. The number of ether oxygens (including phenoxy) is 3. The summed E-state index contributed by atoms with van der Waals surface area (Å²) in [6, 6.07) is 26.4. The van der Waals surface area contributed by atoms with Gasteiger partial charge in [0.15, 0.2) is 0 Å². The first kappa shape index (κ1) is 29.2. The van der Waals surface area contributed by atoms with Crippen LogP contribution in [0.5, 0.6) is 5.75 Å². The fraction of sp³-hybridized carbons (Fsp3) is 0.487. The molecule has 4 aromatic rings. The van der Waals surface area contributed by atoms with Crippen molar-refractivity contribution in [3.63, 3.8) is 0 Å². The number of aryl methyl sites for hydroxylation is 3. The van der Waals surface area contributed by atoms with E-state index >= 15 is 0 Å². The smallest absolute Gasteiger partial charge is 0.126 e. The van der Waals surface area contributed by atoms with E-state index in [0.717, 1.165) is 31.4 Å². The normalized spacial score (nSPS) is 22.3. The highest BCUT2D eigenvalue weighted by Crippen LogP contribution is 2.33. The lowest BCUT2D eigenvalue weighted by Gasteiger charge is -2.16. The Bertz CT molecular complexity index is 1460. The van der Waals surface area contributed by atoms with Gasteiger partial charge in [0.25, 0.3) is 0 Å². The van der Waals surface area contributed by atoms with Gasteiger partial charge in [-0.3, -0.25) is 0 Å². The minimum Gasteiger partial charge on any atom is -0.496 e. The van der Waals surface area contributed by atoms with Crippen LogP contribution in [0.4, 0.5) is 0 Å². The Hall–Kier alpha value is -2.88.